The minimum Gasteiger partial charge on any atom is -0.369 e. The maximum absolute atomic E-state index is 12.0. The zero-order chi connectivity index (χ0) is 13.6. The summed E-state index contributed by atoms with van der Waals surface area (Å²) < 4.78 is 1.10. The van der Waals surface area contributed by atoms with Crippen LogP contribution < -0.4 is 5.73 Å². The van der Waals surface area contributed by atoms with E-state index in [0.29, 0.717) is 6.42 Å². The molecule has 0 bridgehead atoms. The predicted octanol–water partition coefficient (Wildman–Crippen LogP) is 1.69. The number of fused-ring (bicyclic) bond motifs is 1. The fourth-order valence-corrected chi connectivity index (χ4v) is 2.98. The van der Waals surface area contributed by atoms with E-state index in [1.807, 2.05) is 30.6 Å². The third-order valence-corrected chi connectivity index (χ3v) is 4.32. The number of nitrogens with two attached hydrogens (primary N) is 1. The van der Waals surface area contributed by atoms with Crippen LogP contribution in [0.4, 0.5) is 0 Å². The van der Waals surface area contributed by atoms with E-state index in [-0.39, 0.29) is 11.9 Å². The van der Waals surface area contributed by atoms with E-state index in [2.05, 4.69) is 9.98 Å². The third-order valence-electron chi connectivity index (χ3n) is 3.53. The first-order valence-electron chi connectivity index (χ1n) is 5.95. The quantitative estimate of drug-likeness (QED) is 0.860. The van der Waals surface area contributed by atoms with Gasteiger partial charge in [-0.2, -0.15) is 0 Å². The first kappa shape index (κ1) is 12.1. The average Bonchev–Trinajstić information content (AvgIpc) is 2.83. The lowest BCUT2D eigenvalue weighted by molar-refractivity contribution is -0.128. The number of benzene rings is 1. The van der Waals surface area contributed by atoms with E-state index in [4.69, 9.17) is 5.73 Å². The number of guanidine groups is 1. The lowest BCUT2D eigenvalue weighted by Crippen LogP contribution is -2.47. The molecule has 2 aromatic rings. The van der Waals surface area contributed by atoms with Crippen LogP contribution in [-0.4, -0.2) is 28.8 Å². The molecule has 5 nitrogen and oxygen atoms in total. The molecule has 1 aromatic heterocycles. The standard InChI is InChI=1S/C13H14N4OS/c1-13(6-11(18)17(2)12(14)16-13)8-3-4-9-10(5-8)19-7-15-9/h3-5,7H,6H2,1-2H3,(H2,14,16)/t13-/m0/s1. The second-order valence-electron chi connectivity index (χ2n) is 4.91. The molecule has 0 fully saturated rings. The number of carbonyl (C=O) groups is 1. The molecule has 0 saturated heterocycles. The molecule has 1 amide bonds. The van der Waals surface area contributed by atoms with Crippen molar-refractivity contribution in [3.8, 4) is 0 Å². The van der Waals surface area contributed by atoms with Crippen LogP contribution in [0.15, 0.2) is 28.7 Å². The van der Waals surface area contributed by atoms with Gasteiger partial charge in [0.1, 0.15) is 0 Å². The van der Waals surface area contributed by atoms with Gasteiger partial charge in [-0.3, -0.25) is 9.69 Å². The van der Waals surface area contributed by atoms with Crippen molar-refractivity contribution in [2.45, 2.75) is 18.9 Å². The van der Waals surface area contributed by atoms with E-state index in [1.165, 1.54) is 4.90 Å². The molecule has 2 heterocycles. The van der Waals surface area contributed by atoms with Gasteiger partial charge in [0.15, 0.2) is 5.96 Å². The average molecular weight is 274 g/mol. The zero-order valence-corrected chi connectivity index (χ0v) is 11.6. The van der Waals surface area contributed by atoms with Gasteiger partial charge in [-0.15, -0.1) is 11.3 Å². The van der Waals surface area contributed by atoms with Gasteiger partial charge < -0.3 is 5.73 Å². The predicted molar refractivity (Wildman–Crippen MR) is 76.0 cm³/mol. The van der Waals surface area contributed by atoms with E-state index in [0.717, 1.165) is 15.8 Å². The van der Waals surface area contributed by atoms with Crippen molar-refractivity contribution in [2.75, 3.05) is 7.05 Å². The number of hydrogen-bond acceptors (Lipinski definition) is 5. The summed E-state index contributed by atoms with van der Waals surface area (Å²) in [5.41, 5.74) is 9.00. The number of thiazole rings is 1. The number of carbonyl (C=O) groups excluding carboxylic acids is 1. The number of hydrogen-bond donors (Lipinski definition) is 1. The Kier molecular flexibility index (Phi) is 2.56. The van der Waals surface area contributed by atoms with Gasteiger partial charge in [-0.1, -0.05) is 6.07 Å². The molecule has 98 valence electrons. The molecular formula is C13H14N4OS. The zero-order valence-electron chi connectivity index (χ0n) is 10.8. The molecule has 0 aliphatic carbocycles. The second-order valence-corrected chi connectivity index (χ2v) is 5.79. The number of aliphatic imine (C=N–C) groups is 1. The minimum atomic E-state index is -0.591. The highest BCUT2D eigenvalue weighted by Gasteiger charge is 2.36. The van der Waals surface area contributed by atoms with Gasteiger partial charge in [-0.05, 0) is 24.6 Å². The van der Waals surface area contributed by atoms with Crippen LogP contribution in [0.2, 0.25) is 0 Å². The summed E-state index contributed by atoms with van der Waals surface area (Å²) in [5.74, 6) is 0.252. The summed E-state index contributed by atoms with van der Waals surface area (Å²) in [6.07, 6.45) is 0.328. The van der Waals surface area contributed by atoms with E-state index in [1.54, 1.807) is 18.4 Å². The molecule has 2 N–H and O–H groups in total. The number of amides is 1. The summed E-state index contributed by atoms with van der Waals surface area (Å²) in [5, 5.41) is 0. The van der Waals surface area contributed by atoms with Gasteiger partial charge in [0.25, 0.3) is 0 Å². The van der Waals surface area contributed by atoms with Crippen molar-refractivity contribution in [1.29, 1.82) is 0 Å². The summed E-state index contributed by atoms with van der Waals surface area (Å²) in [6.45, 7) is 1.94. The normalized spacial score (nSPS) is 23.8. The molecule has 1 aromatic carbocycles. The van der Waals surface area contributed by atoms with Crippen molar-refractivity contribution in [2.24, 2.45) is 10.7 Å². The smallest absolute Gasteiger partial charge is 0.231 e. The van der Waals surface area contributed by atoms with Crippen molar-refractivity contribution >= 4 is 33.4 Å². The van der Waals surface area contributed by atoms with Gasteiger partial charge in [0, 0.05) is 7.05 Å². The van der Waals surface area contributed by atoms with Crippen LogP contribution in [0.3, 0.4) is 0 Å². The summed E-state index contributed by atoms with van der Waals surface area (Å²) in [4.78, 5) is 22.1. The molecular weight excluding hydrogens is 260 g/mol. The summed E-state index contributed by atoms with van der Waals surface area (Å²) in [7, 11) is 1.65. The molecule has 0 radical (unpaired) electrons. The van der Waals surface area contributed by atoms with Gasteiger partial charge in [0.05, 0.1) is 27.7 Å². The Hall–Kier alpha value is -1.95. The molecule has 0 spiro atoms. The Labute approximate surface area is 114 Å². The summed E-state index contributed by atoms with van der Waals surface area (Å²) >= 11 is 1.58. The van der Waals surface area contributed by atoms with Crippen LogP contribution >= 0.6 is 11.3 Å². The Morgan fingerprint density at radius 3 is 3.00 bits per heavy atom. The third kappa shape index (κ3) is 1.88. The van der Waals surface area contributed by atoms with Crippen molar-refractivity contribution in [3.63, 3.8) is 0 Å². The SMILES string of the molecule is CN1C(=O)C[C@@](C)(c2ccc3ncsc3c2)N=C1N. The fraction of sp³-hybridized carbons (Fsp3) is 0.308. The van der Waals surface area contributed by atoms with E-state index < -0.39 is 5.54 Å². The van der Waals surface area contributed by atoms with Crippen LogP contribution in [0.25, 0.3) is 10.2 Å². The summed E-state index contributed by atoms with van der Waals surface area (Å²) in [6, 6.07) is 5.97. The second kappa shape index (κ2) is 4.03. The van der Waals surface area contributed by atoms with Gasteiger partial charge in [0.2, 0.25) is 5.91 Å². The lowest BCUT2D eigenvalue weighted by atomic mass is 9.87. The highest BCUT2D eigenvalue weighted by atomic mass is 32.1. The monoisotopic (exact) mass is 274 g/mol. The molecule has 3 rings (SSSR count). The highest BCUT2D eigenvalue weighted by Crippen LogP contribution is 2.34. The largest absolute Gasteiger partial charge is 0.369 e. The Morgan fingerprint density at radius 1 is 1.47 bits per heavy atom. The topological polar surface area (TPSA) is 71.6 Å². The highest BCUT2D eigenvalue weighted by molar-refractivity contribution is 7.16. The van der Waals surface area contributed by atoms with Crippen LogP contribution in [0.1, 0.15) is 18.9 Å². The first-order chi connectivity index (χ1) is 8.99. The molecule has 1 aliphatic rings. The van der Waals surface area contributed by atoms with Crippen molar-refractivity contribution < 1.29 is 4.79 Å². The molecule has 0 saturated carbocycles. The fourth-order valence-electron chi connectivity index (χ4n) is 2.26. The lowest BCUT2D eigenvalue weighted by Gasteiger charge is -2.33. The number of rotatable bonds is 1. The molecule has 1 aliphatic heterocycles. The molecule has 19 heavy (non-hydrogen) atoms. The minimum absolute atomic E-state index is 0.0144. The van der Waals surface area contributed by atoms with Gasteiger partial charge >= 0.3 is 0 Å². The van der Waals surface area contributed by atoms with Crippen LogP contribution in [0.5, 0.6) is 0 Å². The number of aromatic nitrogens is 1. The number of nitrogens with zero attached hydrogens (tertiary/aromatic N) is 3. The van der Waals surface area contributed by atoms with Gasteiger partial charge in [-0.25, -0.2) is 9.98 Å². The van der Waals surface area contributed by atoms with Crippen LogP contribution in [-0.2, 0) is 10.3 Å². The Bertz CT molecular complexity index is 693. The van der Waals surface area contributed by atoms with E-state index in [9.17, 15) is 4.79 Å². The van der Waals surface area contributed by atoms with Crippen molar-refractivity contribution in [1.82, 2.24) is 9.88 Å². The Morgan fingerprint density at radius 2 is 2.26 bits per heavy atom. The van der Waals surface area contributed by atoms with Crippen LogP contribution in [0, 0.1) is 0 Å². The maximum Gasteiger partial charge on any atom is 0.231 e. The molecule has 1 atom stereocenters. The molecule has 0 unspecified atom stereocenters. The Balaban J connectivity index is 2.11. The van der Waals surface area contributed by atoms with E-state index >= 15 is 0 Å². The maximum atomic E-state index is 12.0. The first-order valence-corrected chi connectivity index (χ1v) is 6.83. The van der Waals surface area contributed by atoms with Crippen molar-refractivity contribution in [3.05, 3.63) is 29.3 Å². The molecule has 6 heteroatoms.